The van der Waals surface area contributed by atoms with Crippen LogP contribution < -0.4 is 19.3 Å². The summed E-state index contributed by atoms with van der Waals surface area (Å²) in [5.41, 5.74) is 9.85. The molecular weight excluding hydrogens is 1130 g/mol. The van der Waals surface area contributed by atoms with Gasteiger partial charge in [-0.15, -0.1) is 10.2 Å². The Kier molecular flexibility index (Phi) is 17.5. The Morgan fingerprint density at radius 1 is 0.600 bits per heavy atom. The minimum atomic E-state index is -0.734. The summed E-state index contributed by atoms with van der Waals surface area (Å²) < 4.78 is 19.2. The Labute approximate surface area is 531 Å². The van der Waals surface area contributed by atoms with Gasteiger partial charge in [0, 0.05) is 78.9 Å². The van der Waals surface area contributed by atoms with Crippen molar-refractivity contribution in [3.63, 3.8) is 0 Å². The zero-order valence-corrected chi connectivity index (χ0v) is 53.9. The number of carboxylic acids is 1. The molecule has 1 N–H and O–H groups in total. The summed E-state index contributed by atoms with van der Waals surface area (Å²) in [5, 5.41) is 17.9. The van der Waals surface area contributed by atoms with Gasteiger partial charge in [0.25, 0.3) is 0 Å². The Balaban J connectivity index is 0.000000165. The maximum Gasteiger partial charge on any atom is 0.303 e. The number of carbonyl (C=O) groups excluding carboxylic acids is 3. The maximum atomic E-state index is 14.5. The van der Waals surface area contributed by atoms with Crippen LogP contribution in [-0.2, 0) is 30.0 Å². The number of nitrogens with zero attached hydrogens (tertiary/aromatic N) is 7. The SMILES string of the molecule is COc1ccc(C23CCC(CN(C(=O)C4CCC(CC(=O)O)CC4)c4cccc(-n5cnc(C6CC6)c5)c4)(CC2)CC3)cc1C.COc1ccc(C23CCC(CN(C(=O)C4CCC(CC(C)=O)CC4)c4cc(-c5nnc(C6CC6)o5)ccn4)(CC2)CC3)cc1C. The van der Waals surface area contributed by atoms with E-state index in [2.05, 4.69) is 105 Å². The summed E-state index contributed by atoms with van der Waals surface area (Å²) in [6.45, 7) is 7.38. The van der Waals surface area contributed by atoms with E-state index < -0.39 is 5.97 Å². The molecule has 0 atom stereocenters. The molecule has 15 nitrogen and oxygen atoms in total. The smallest absolute Gasteiger partial charge is 0.303 e. The number of Topliss-reactive ketones (excluding diaryl/α,β-unsaturated/α-hetero) is 1. The fourth-order valence-corrected chi connectivity index (χ4v) is 17.3. The van der Waals surface area contributed by atoms with Gasteiger partial charge in [-0.2, -0.15) is 0 Å². The minimum Gasteiger partial charge on any atom is -0.496 e. The molecule has 10 aliphatic carbocycles. The third kappa shape index (κ3) is 13.0. The number of carboxylic acid groups (broad SMARTS) is 1. The number of hydrogen-bond donors (Lipinski definition) is 1. The van der Waals surface area contributed by atoms with E-state index in [1.165, 1.54) is 35.1 Å². The van der Waals surface area contributed by atoms with Crippen LogP contribution in [-0.4, -0.2) is 80.7 Å². The number of ketones is 1. The average Bonchev–Trinajstić information content (AvgIpc) is 1.13. The largest absolute Gasteiger partial charge is 0.496 e. The van der Waals surface area contributed by atoms with Gasteiger partial charge >= 0.3 is 5.97 Å². The van der Waals surface area contributed by atoms with Crippen LogP contribution in [0.4, 0.5) is 11.5 Å². The summed E-state index contributed by atoms with van der Waals surface area (Å²) in [6, 6.07) is 25.8. The van der Waals surface area contributed by atoms with Gasteiger partial charge < -0.3 is 33.3 Å². The molecule has 0 saturated heterocycles. The lowest BCUT2D eigenvalue weighted by Gasteiger charge is -2.55. The fraction of sp³-hybridized carbons (Fsp3) is 0.573. The monoisotopic (exact) mass is 1220 g/mol. The predicted molar refractivity (Wildman–Crippen MR) is 347 cm³/mol. The molecule has 0 spiro atoms. The van der Waals surface area contributed by atoms with Gasteiger partial charge in [0.05, 0.1) is 26.2 Å². The molecule has 2 amide bonds. The van der Waals surface area contributed by atoms with Crippen LogP contribution >= 0.6 is 0 Å². The second kappa shape index (κ2) is 25.5. The summed E-state index contributed by atoms with van der Waals surface area (Å²) in [4.78, 5) is 65.6. The number of fused-ring (bicyclic) bond motifs is 6. The summed E-state index contributed by atoms with van der Waals surface area (Å²) >= 11 is 0. The third-order valence-electron chi connectivity index (χ3n) is 23.4. The predicted octanol–water partition coefficient (Wildman–Crippen LogP) is 15.7. The van der Waals surface area contributed by atoms with Crippen molar-refractivity contribution >= 4 is 35.1 Å². The molecule has 3 aromatic heterocycles. The number of aromatic nitrogens is 5. The molecule has 10 saturated carbocycles. The minimum absolute atomic E-state index is 0.0477. The molecule has 10 aliphatic rings. The first-order valence-electron chi connectivity index (χ1n) is 34.1. The molecule has 90 heavy (non-hydrogen) atoms. The molecule has 3 heterocycles. The van der Waals surface area contributed by atoms with Gasteiger partial charge in [-0.05, 0) is 273 Å². The lowest BCUT2D eigenvalue weighted by atomic mass is 9.51. The zero-order valence-electron chi connectivity index (χ0n) is 53.9. The summed E-state index contributed by atoms with van der Waals surface area (Å²) in [7, 11) is 3.47. The van der Waals surface area contributed by atoms with E-state index >= 15 is 0 Å². The van der Waals surface area contributed by atoms with E-state index in [0.717, 1.165) is 182 Å². The van der Waals surface area contributed by atoms with Crippen molar-refractivity contribution in [1.82, 2.24) is 24.7 Å². The molecule has 15 heteroatoms. The number of aryl methyl sites for hydroxylation is 2. The highest BCUT2D eigenvalue weighted by atomic mass is 16.5. The van der Waals surface area contributed by atoms with Crippen molar-refractivity contribution in [2.75, 3.05) is 37.1 Å². The molecule has 16 rings (SSSR count). The number of carbonyl (C=O) groups is 4. The first-order valence-corrected chi connectivity index (χ1v) is 34.1. The number of hydrogen-bond acceptors (Lipinski definition) is 11. The number of anilines is 2. The van der Waals surface area contributed by atoms with Crippen LogP contribution in [0.15, 0.2) is 95.9 Å². The molecule has 476 valence electrons. The number of pyridine rings is 1. The molecule has 0 aliphatic heterocycles. The maximum absolute atomic E-state index is 14.5. The number of rotatable bonds is 20. The normalized spacial score (nSPS) is 27.7. The van der Waals surface area contributed by atoms with Crippen LogP contribution in [0.5, 0.6) is 11.5 Å². The standard InChI is InChI=1S/C38H47N3O4.C37H46N4O4/c1-26-20-30(12-13-34(26)45-2)38-17-14-37(15-18-38,16-19-38)24-41(36(44)29-8-6-27(7-9-29)21-35(42)43)32-5-3-4-31(22-32)40-23-33(39-25-40)28-10-11-28;1-24-20-30(10-11-31(24)44-3)37-16-13-36(14-17-37,15-18-37)23-41(35(43)28-6-4-26(5-7-28)21-25(2)42)32-22-29(12-19-38-32)34-40-39-33(45-34)27-8-9-27/h3-5,12-13,20,22-23,25,27-29H,6-11,14-19,21,24H2,1-2H3,(H,42,43);10-12,19-20,22,26-28H,4-9,13-18,21,23H2,1-3H3. The van der Waals surface area contributed by atoms with E-state index in [-0.39, 0.29) is 63.4 Å². The van der Waals surface area contributed by atoms with Crippen LogP contribution in [0.2, 0.25) is 0 Å². The van der Waals surface area contributed by atoms with E-state index in [0.29, 0.717) is 48.3 Å². The van der Waals surface area contributed by atoms with Gasteiger partial charge in [0.2, 0.25) is 23.6 Å². The quantitative estimate of drug-likeness (QED) is 0.0764. The molecule has 0 unspecified atom stereocenters. The first kappa shape index (κ1) is 61.7. The topological polar surface area (TPSA) is 183 Å². The lowest BCUT2D eigenvalue weighted by molar-refractivity contribution is -0.138. The molecule has 3 aromatic carbocycles. The number of imidazole rings is 1. The number of ether oxygens (including phenoxy) is 2. The van der Waals surface area contributed by atoms with Gasteiger partial charge in [0.15, 0.2) is 0 Å². The van der Waals surface area contributed by atoms with E-state index in [1.807, 2.05) is 23.4 Å². The molecular formula is C75H93N7O8. The number of methoxy groups -OCH3 is 2. The Hall–Kier alpha value is -7.16. The highest BCUT2D eigenvalue weighted by molar-refractivity contribution is 5.96. The third-order valence-corrected chi connectivity index (χ3v) is 23.4. The van der Waals surface area contributed by atoms with E-state index in [9.17, 15) is 24.3 Å². The van der Waals surface area contributed by atoms with Crippen molar-refractivity contribution in [3.8, 4) is 28.6 Å². The second-order valence-corrected chi connectivity index (χ2v) is 29.3. The van der Waals surface area contributed by atoms with E-state index in [4.69, 9.17) is 18.9 Å². The number of benzene rings is 3. The number of aliphatic carboxylic acids is 1. The van der Waals surface area contributed by atoms with Crippen LogP contribution in [0.3, 0.4) is 0 Å². The highest BCUT2D eigenvalue weighted by Gasteiger charge is 2.53. The van der Waals surface area contributed by atoms with Crippen molar-refractivity contribution in [2.24, 2.45) is 34.5 Å². The number of amides is 2. The summed E-state index contributed by atoms with van der Waals surface area (Å²) in [6.07, 6.45) is 31.5. The van der Waals surface area contributed by atoms with Crippen LogP contribution in [0.1, 0.15) is 220 Å². The molecule has 10 fully saturated rings. The molecule has 0 radical (unpaired) electrons. The first-order chi connectivity index (χ1) is 43.5. The highest BCUT2D eigenvalue weighted by Crippen LogP contribution is 2.60. The van der Waals surface area contributed by atoms with Crippen molar-refractivity contribution in [1.29, 1.82) is 0 Å². The Bertz CT molecular complexity index is 3320. The van der Waals surface area contributed by atoms with Crippen LogP contribution in [0.25, 0.3) is 17.1 Å². The average molecular weight is 1220 g/mol. The van der Waals surface area contributed by atoms with Gasteiger partial charge in [-0.1, -0.05) is 30.3 Å². The lowest BCUT2D eigenvalue weighted by Crippen LogP contribution is -2.52. The zero-order chi connectivity index (χ0) is 62.4. The second-order valence-electron chi connectivity index (χ2n) is 29.3. The van der Waals surface area contributed by atoms with Crippen LogP contribution in [0, 0.1) is 48.3 Å². The van der Waals surface area contributed by atoms with E-state index in [1.54, 1.807) is 27.3 Å². The van der Waals surface area contributed by atoms with Crippen molar-refractivity contribution < 1.29 is 38.2 Å². The molecule has 6 aromatic rings. The Morgan fingerprint density at radius 2 is 1.13 bits per heavy atom. The summed E-state index contributed by atoms with van der Waals surface area (Å²) in [5.74, 6) is 5.11. The van der Waals surface area contributed by atoms with Gasteiger partial charge in [-0.3, -0.25) is 19.3 Å². The van der Waals surface area contributed by atoms with Gasteiger partial charge in [-0.25, -0.2) is 9.97 Å². The van der Waals surface area contributed by atoms with Crippen molar-refractivity contribution in [3.05, 3.63) is 125 Å². The molecule has 4 bridgehead atoms. The fourth-order valence-electron chi connectivity index (χ4n) is 17.3. The van der Waals surface area contributed by atoms with Gasteiger partial charge in [0.1, 0.15) is 23.1 Å². The van der Waals surface area contributed by atoms with Crippen molar-refractivity contribution in [2.45, 2.75) is 210 Å². The Morgan fingerprint density at radius 3 is 1.64 bits per heavy atom.